The van der Waals surface area contributed by atoms with Crippen molar-refractivity contribution in [1.82, 2.24) is 15.4 Å². The van der Waals surface area contributed by atoms with Gasteiger partial charge in [-0.3, -0.25) is 5.41 Å². The lowest BCUT2D eigenvalue weighted by Crippen LogP contribution is -2.27. The Morgan fingerprint density at radius 3 is 2.90 bits per heavy atom. The van der Waals surface area contributed by atoms with Crippen LogP contribution in [-0.2, 0) is 6.42 Å². The normalized spacial score (nSPS) is 11.3. The van der Waals surface area contributed by atoms with E-state index >= 15 is 0 Å². The van der Waals surface area contributed by atoms with Crippen molar-refractivity contribution in [2.45, 2.75) is 12.8 Å². The molecule has 0 amide bonds. The van der Waals surface area contributed by atoms with E-state index in [0.717, 1.165) is 5.82 Å². The van der Waals surface area contributed by atoms with Gasteiger partial charge in [-0.1, -0.05) is 18.2 Å². The van der Waals surface area contributed by atoms with Crippen LogP contribution in [-0.4, -0.2) is 21.6 Å². The summed E-state index contributed by atoms with van der Waals surface area (Å²) in [5.41, 5.74) is 8.42. The third-order valence-corrected chi connectivity index (χ3v) is 2.65. The Morgan fingerprint density at radius 1 is 1.45 bits per heavy atom. The van der Waals surface area contributed by atoms with Gasteiger partial charge in [0.15, 0.2) is 0 Å². The molecule has 2 rings (SSSR count). The smallest absolute Gasteiger partial charge is 0.206 e. The van der Waals surface area contributed by atoms with Crippen LogP contribution in [0.2, 0.25) is 0 Å². The molecule has 104 valence electrons. The first-order valence-corrected chi connectivity index (χ1v) is 6.06. The van der Waals surface area contributed by atoms with Gasteiger partial charge in [0.1, 0.15) is 11.6 Å². The minimum absolute atomic E-state index is 0.295. The molecule has 0 fully saturated rings. The highest BCUT2D eigenvalue weighted by Gasteiger charge is 2.10. The number of rotatable bonds is 5. The number of hydrogen-bond donors (Lipinski definition) is 4. The monoisotopic (exact) mass is 274 g/mol. The van der Waals surface area contributed by atoms with Gasteiger partial charge < -0.3 is 10.7 Å². The maximum absolute atomic E-state index is 13.8. The summed E-state index contributed by atoms with van der Waals surface area (Å²) in [5, 5.41) is 11.1. The summed E-state index contributed by atoms with van der Waals surface area (Å²) < 4.78 is 13.8. The Kier molecular flexibility index (Phi) is 4.43. The van der Waals surface area contributed by atoms with Gasteiger partial charge in [0, 0.05) is 24.4 Å². The molecule has 5 N–H and O–H groups in total. The number of hydrogen-bond acceptors (Lipinski definition) is 3. The zero-order valence-electron chi connectivity index (χ0n) is 10.7. The largest absolute Gasteiger partial charge is 0.369 e. The minimum atomic E-state index is -0.365. The van der Waals surface area contributed by atoms with Crippen molar-refractivity contribution in [3.05, 3.63) is 53.9 Å². The molecule has 20 heavy (non-hydrogen) atoms. The number of nitrogens with zero attached hydrogens (tertiary/aromatic N) is 2. The van der Waals surface area contributed by atoms with Crippen molar-refractivity contribution in [1.29, 1.82) is 5.41 Å². The molecule has 0 aliphatic heterocycles. The van der Waals surface area contributed by atoms with Crippen molar-refractivity contribution in [2.24, 2.45) is 10.8 Å². The summed E-state index contributed by atoms with van der Waals surface area (Å²) in [4.78, 5) is 7.08. The molecule has 1 heterocycles. The lowest BCUT2D eigenvalue weighted by Gasteiger charge is -2.07. The average molecular weight is 274 g/mol. The quantitative estimate of drug-likeness (QED) is 0.376. The Labute approximate surface area is 115 Å². The fourth-order valence-electron chi connectivity index (χ4n) is 1.75. The maximum atomic E-state index is 13.8. The molecular weight excluding hydrogens is 259 g/mol. The number of aromatic nitrogens is 2. The second-order valence-electron chi connectivity index (χ2n) is 4.10. The number of nitrogens with one attached hydrogen (secondary N) is 3. The number of H-pyrrole nitrogens is 1. The van der Waals surface area contributed by atoms with Crippen molar-refractivity contribution in [2.75, 3.05) is 0 Å². The van der Waals surface area contributed by atoms with Crippen molar-refractivity contribution in [3.8, 4) is 0 Å². The van der Waals surface area contributed by atoms with Crippen LogP contribution in [0.15, 0.2) is 41.8 Å². The third-order valence-electron chi connectivity index (χ3n) is 2.65. The summed E-state index contributed by atoms with van der Waals surface area (Å²) in [6.45, 7) is 0. The van der Waals surface area contributed by atoms with Gasteiger partial charge in [0.25, 0.3) is 0 Å². The lowest BCUT2D eigenvalue weighted by molar-refractivity contribution is 0.624. The Bertz CT molecular complexity index is 605. The number of imidazole rings is 1. The summed E-state index contributed by atoms with van der Waals surface area (Å²) in [7, 11) is 0. The molecule has 6 nitrogen and oxygen atoms in total. The SMILES string of the molecule is N=C(N)NN=C(CCc1ncc[nH]1)c1ccccc1F. The predicted molar refractivity (Wildman–Crippen MR) is 74.9 cm³/mol. The topological polar surface area (TPSA) is 103 Å². The number of guanidine groups is 1. The highest BCUT2D eigenvalue weighted by atomic mass is 19.1. The zero-order chi connectivity index (χ0) is 14.4. The second-order valence-corrected chi connectivity index (χ2v) is 4.10. The Hall–Kier alpha value is -2.70. The van der Waals surface area contributed by atoms with E-state index in [2.05, 4.69) is 20.5 Å². The number of benzene rings is 1. The number of halogens is 1. The fraction of sp³-hybridized carbons (Fsp3) is 0.154. The molecule has 0 aliphatic rings. The second kappa shape index (κ2) is 6.46. The summed E-state index contributed by atoms with van der Waals surface area (Å²) in [6, 6.07) is 6.35. The van der Waals surface area contributed by atoms with E-state index in [1.54, 1.807) is 30.6 Å². The zero-order valence-corrected chi connectivity index (χ0v) is 10.7. The van der Waals surface area contributed by atoms with Gasteiger partial charge in [0.2, 0.25) is 5.96 Å². The number of aryl methyl sites for hydroxylation is 1. The van der Waals surface area contributed by atoms with Gasteiger partial charge >= 0.3 is 0 Å². The third kappa shape index (κ3) is 3.64. The molecule has 0 aliphatic carbocycles. The first-order chi connectivity index (χ1) is 9.66. The minimum Gasteiger partial charge on any atom is -0.369 e. The Balaban J connectivity index is 2.18. The van der Waals surface area contributed by atoms with Crippen LogP contribution in [0, 0.1) is 11.2 Å². The van der Waals surface area contributed by atoms with Gasteiger partial charge in [-0.25, -0.2) is 14.8 Å². The number of nitrogens with two attached hydrogens (primary N) is 1. The van der Waals surface area contributed by atoms with Crippen LogP contribution in [0.25, 0.3) is 0 Å². The molecule has 0 bridgehead atoms. The van der Waals surface area contributed by atoms with E-state index in [0.29, 0.717) is 24.1 Å². The van der Waals surface area contributed by atoms with Crippen molar-refractivity contribution < 1.29 is 4.39 Å². The highest BCUT2D eigenvalue weighted by Crippen LogP contribution is 2.11. The molecule has 0 atom stereocenters. The molecule has 2 aromatic rings. The first kappa shape index (κ1) is 13.7. The van der Waals surface area contributed by atoms with Gasteiger partial charge in [0.05, 0.1) is 5.71 Å². The summed E-state index contributed by atoms with van der Waals surface area (Å²) in [6.07, 6.45) is 4.43. The molecule has 0 radical (unpaired) electrons. The standard InChI is InChI=1S/C13H15FN6/c14-10-4-2-1-3-9(10)11(19-20-13(15)16)5-6-12-17-7-8-18-12/h1-4,7-8H,5-6H2,(H,17,18)(H4,15,16,20). The molecule has 0 saturated heterocycles. The molecule has 0 unspecified atom stereocenters. The number of aromatic amines is 1. The highest BCUT2D eigenvalue weighted by molar-refractivity contribution is 6.01. The van der Waals surface area contributed by atoms with E-state index in [4.69, 9.17) is 11.1 Å². The van der Waals surface area contributed by atoms with Crippen molar-refractivity contribution in [3.63, 3.8) is 0 Å². The first-order valence-electron chi connectivity index (χ1n) is 6.06. The predicted octanol–water partition coefficient (Wildman–Crippen LogP) is 1.37. The average Bonchev–Trinajstić information content (AvgIpc) is 2.93. The van der Waals surface area contributed by atoms with Crippen LogP contribution in [0.3, 0.4) is 0 Å². The molecule has 0 spiro atoms. The molecular formula is C13H15FN6. The number of hydrazone groups is 1. The molecule has 7 heteroatoms. The van der Waals surface area contributed by atoms with E-state index in [1.807, 2.05) is 0 Å². The molecule has 0 saturated carbocycles. The van der Waals surface area contributed by atoms with Crippen LogP contribution in [0.1, 0.15) is 17.8 Å². The van der Waals surface area contributed by atoms with Crippen LogP contribution in [0.4, 0.5) is 4.39 Å². The van der Waals surface area contributed by atoms with Crippen LogP contribution in [0.5, 0.6) is 0 Å². The van der Waals surface area contributed by atoms with E-state index in [-0.39, 0.29) is 11.8 Å². The van der Waals surface area contributed by atoms with E-state index in [9.17, 15) is 4.39 Å². The summed E-state index contributed by atoms with van der Waals surface area (Å²) >= 11 is 0. The van der Waals surface area contributed by atoms with Gasteiger partial charge in [-0.2, -0.15) is 5.10 Å². The molecule has 1 aromatic carbocycles. The van der Waals surface area contributed by atoms with Gasteiger partial charge in [-0.05, 0) is 12.5 Å². The molecule has 1 aromatic heterocycles. The van der Waals surface area contributed by atoms with E-state index in [1.165, 1.54) is 6.07 Å². The van der Waals surface area contributed by atoms with Crippen molar-refractivity contribution >= 4 is 11.7 Å². The van der Waals surface area contributed by atoms with Gasteiger partial charge in [-0.15, -0.1) is 0 Å². The maximum Gasteiger partial charge on any atom is 0.206 e. The van der Waals surface area contributed by atoms with Crippen LogP contribution >= 0.6 is 0 Å². The van der Waals surface area contributed by atoms with Crippen LogP contribution < -0.4 is 11.2 Å². The fourth-order valence-corrected chi connectivity index (χ4v) is 1.75. The summed E-state index contributed by atoms with van der Waals surface area (Å²) in [5.74, 6) is 0.129. The van der Waals surface area contributed by atoms with E-state index < -0.39 is 0 Å². The Morgan fingerprint density at radius 2 is 2.25 bits per heavy atom. The lowest BCUT2D eigenvalue weighted by atomic mass is 10.1.